The van der Waals surface area contributed by atoms with E-state index in [1.807, 2.05) is 6.92 Å². The van der Waals surface area contributed by atoms with Crippen LogP contribution in [0.4, 0.5) is 17.6 Å². The lowest BCUT2D eigenvalue weighted by atomic mass is 10.1. The molecule has 2 heterocycles. The molecular weight excluding hydrogens is 608 g/mol. The number of fused-ring (bicyclic) bond motifs is 1. The van der Waals surface area contributed by atoms with Crippen molar-refractivity contribution in [3.05, 3.63) is 100 Å². The van der Waals surface area contributed by atoms with Crippen molar-refractivity contribution < 1.29 is 27.2 Å². The summed E-state index contributed by atoms with van der Waals surface area (Å²) in [4.78, 5) is 47.1. The van der Waals surface area contributed by atoms with Gasteiger partial charge in [0.15, 0.2) is 5.16 Å². The third-order valence-corrected chi connectivity index (χ3v) is 8.78. The summed E-state index contributed by atoms with van der Waals surface area (Å²) in [7, 11) is 0. The van der Waals surface area contributed by atoms with Gasteiger partial charge >= 0.3 is 6.18 Å². The number of amides is 2. The number of aromatic nitrogens is 2. The molecule has 1 fully saturated rings. The Hall–Kier alpha value is -4.19. The lowest BCUT2D eigenvalue weighted by Gasteiger charge is -2.40. The van der Waals surface area contributed by atoms with E-state index in [-0.39, 0.29) is 29.1 Å². The van der Waals surface area contributed by atoms with Crippen LogP contribution in [0.1, 0.15) is 48.5 Å². The van der Waals surface area contributed by atoms with Crippen molar-refractivity contribution >= 4 is 34.5 Å². The summed E-state index contributed by atoms with van der Waals surface area (Å²) in [5.41, 5.74) is -0.459. The predicted molar refractivity (Wildman–Crippen MR) is 165 cm³/mol. The molecule has 236 valence electrons. The Bertz CT molecular complexity index is 1760. The number of hydrogen-bond acceptors (Lipinski definition) is 5. The molecule has 0 N–H and O–H groups in total. The summed E-state index contributed by atoms with van der Waals surface area (Å²) in [5.74, 6) is -0.178. The number of carbonyl (C=O) groups is 2. The molecule has 1 unspecified atom stereocenters. The SMILES string of the molecule is CC1CN(C(=O)CCCCCSc2nc3ccccc3c(=O)n2-c2cccc(C(F)(F)F)c2)CCN1C(=O)c1cccc(F)c1. The molecule has 1 aromatic heterocycles. The second-order valence-corrected chi connectivity index (χ2v) is 12.0. The summed E-state index contributed by atoms with van der Waals surface area (Å²) in [5, 5.41) is 0.611. The lowest BCUT2D eigenvalue weighted by molar-refractivity contribution is -0.137. The van der Waals surface area contributed by atoms with Gasteiger partial charge in [0.05, 0.1) is 22.2 Å². The molecule has 1 aliphatic heterocycles. The zero-order valence-corrected chi connectivity index (χ0v) is 25.4. The van der Waals surface area contributed by atoms with E-state index in [2.05, 4.69) is 4.98 Å². The van der Waals surface area contributed by atoms with Crippen LogP contribution >= 0.6 is 11.8 Å². The van der Waals surface area contributed by atoms with Crippen molar-refractivity contribution in [2.24, 2.45) is 0 Å². The molecule has 0 radical (unpaired) electrons. The quantitative estimate of drug-likeness (QED) is 0.0896. The fraction of sp³-hybridized carbons (Fsp3) is 0.333. The van der Waals surface area contributed by atoms with E-state index in [1.165, 1.54) is 46.7 Å². The number of benzene rings is 3. The lowest BCUT2D eigenvalue weighted by Crippen LogP contribution is -2.55. The van der Waals surface area contributed by atoms with E-state index in [9.17, 15) is 31.9 Å². The minimum Gasteiger partial charge on any atom is -0.339 e. The van der Waals surface area contributed by atoms with E-state index in [1.54, 1.807) is 40.1 Å². The van der Waals surface area contributed by atoms with Crippen LogP contribution in [-0.2, 0) is 11.0 Å². The third-order valence-electron chi connectivity index (χ3n) is 7.76. The Morgan fingerprint density at radius 2 is 1.73 bits per heavy atom. The van der Waals surface area contributed by atoms with E-state index in [0.29, 0.717) is 60.7 Å². The number of carbonyl (C=O) groups excluding carboxylic acids is 2. The van der Waals surface area contributed by atoms with Crippen LogP contribution in [0.5, 0.6) is 0 Å². The van der Waals surface area contributed by atoms with Crippen LogP contribution in [0.15, 0.2) is 82.7 Å². The summed E-state index contributed by atoms with van der Waals surface area (Å²) in [6.45, 7) is 3.04. The van der Waals surface area contributed by atoms with Gasteiger partial charge in [0.2, 0.25) is 5.91 Å². The van der Waals surface area contributed by atoms with Crippen molar-refractivity contribution in [3.63, 3.8) is 0 Å². The number of hydrogen-bond donors (Lipinski definition) is 0. The Morgan fingerprint density at radius 1 is 0.956 bits per heavy atom. The molecule has 0 spiro atoms. The van der Waals surface area contributed by atoms with Gasteiger partial charge in [0.1, 0.15) is 5.82 Å². The number of thioether (sulfide) groups is 1. The molecule has 7 nitrogen and oxygen atoms in total. The molecule has 0 bridgehead atoms. The van der Waals surface area contributed by atoms with Crippen molar-refractivity contribution in [1.29, 1.82) is 0 Å². The Labute approximate surface area is 261 Å². The molecule has 2 amide bonds. The predicted octanol–water partition coefficient (Wildman–Crippen LogP) is 6.57. The Kier molecular flexibility index (Phi) is 9.91. The number of piperazine rings is 1. The first-order valence-electron chi connectivity index (χ1n) is 14.7. The molecule has 3 aromatic carbocycles. The second-order valence-electron chi connectivity index (χ2n) is 11.0. The van der Waals surface area contributed by atoms with Gasteiger partial charge in [0.25, 0.3) is 11.5 Å². The van der Waals surface area contributed by atoms with Crippen LogP contribution in [0.2, 0.25) is 0 Å². The zero-order chi connectivity index (χ0) is 32.1. The largest absolute Gasteiger partial charge is 0.416 e. The normalized spacial score (nSPS) is 15.4. The number of halogens is 4. The third kappa shape index (κ3) is 7.55. The van der Waals surface area contributed by atoms with Crippen molar-refractivity contribution in [1.82, 2.24) is 19.4 Å². The fourth-order valence-electron chi connectivity index (χ4n) is 5.41. The first-order chi connectivity index (χ1) is 21.5. The molecule has 1 saturated heterocycles. The summed E-state index contributed by atoms with van der Waals surface area (Å²) < 4.78 is 55.1. The van der Waals surface area contributed by atoms with E-state index in [0.717, 1.165) is 18.6 Å². The molecule has 12 heteroatoms. The molecule has 0 saturated carbocycles. The summed E-state index contributed by atoms with van der Waals surface area (Å²) in [6.07, 6.45) is -2.13. The maximum Gasteiger partial charge on any atom is 0.416 e. The number of unbranched alkanes of at least 4 members (excludes halogenated alkanes) is 2. The van der Waals surface area contributed by atoms with Gasteiger partial charge < -0.3 is 9.80 Å². The smallest absolute Gasteiger partial charge is 0.339 e. The zero-order valence-electron chi connectivity index (χ0n) is 24.6. The highest BCUT2D eigenvalue weighted by Gasteiger charge is 2.31. The highest BCUT2D eigenvalue weighted by molar-refractivity contribution is 7.99. The summed E-state index contributed by atoms with van der Waals surface area (Å²) in [6, 6.07) is 16.7. The molecule has 45 heavy (non-hydrogen) atoms. The van der Waals surface area contributed by atoms with Gasteiger partial charge in [-0.2, -0.15) is 13.2 Å². The highest BCUT2D eigenvalue weighted by atomic mass is 32.2. The van der Waals surface area contributed by atoms with Crippen molar-refractivity contribution in [3.8, 4) is 5.69 Å². The van der Waals surface area contributed by atoms with Crippen LogP contribution in [-0.4, -0.2) is 62.6 Å². The maximum atomic E-state index is 13.6. The van der Waals surface area contributed by atoms with Crippen molar-refractivity contribution in [2.75, 3.05) is 25.4 Å². The fourth-order valence-corrected chi connectivity index (χ4v) is 6.42. The molecule has 1 aliphatic rings. The van der Waals surface area contributed by atoms with Gasteiger partial charge in [-0.15, -0.1) is 0 Å². The summed E-state index contributed by atoms with van der Waals surface area (Å²) >= 11 is 1.29. The number of para-hydroxylation sites is 1. The first-order valence-corrected chi connectivity index (χ1v) is 15.7. The second kappa shape index (κ2) is 13.8. The average molecular weight is 641 g/mol. The minimum atomic E-state index is -4.56. The van der Waals surface area contributed by atoms with Crippen molar-refractivity contribution in [2.45, 2.75) is 50.0 Å². The van der Waals surface area contributed by atoms with E-state index >= 15 is 0 Å². The Morgan fingerprint density at radius 3 is 2.49 bits per heavy atom. The molecule has 4 aromatic rings. The molecule has 5 rings (SSSR count). The van der Waals surface area contributed by atoms with E-state index in [4.69, 9.17) is 0 Å². The minimum absolute atomic E-state index is 0.00179. The first kappa shape index (κ1) is 32.2. The van der Waals surface area contributed by atoms with Crippen LogP contribution < -0.4 is 5.56 Å². The standard InChI is InChI=1S/C33H32F4N4O3S/c1-22-21-39(16-17-40(22)30(43)23-9-7-11-25(34)19-23)29(42)15-3-2-6-18-45-32-38-28-14-5-4-13-27(28)31(44)41(32)26-12-8-10-24(20-26)33(35,36)37/h4-5,7-14,19-20,22H,2-3,6,15-18,21H2,1H3. The van der Waals surface area contributed by atoms with Crippen LogP contribution in [0.25, 0.3) is 16.6 Å². The molecule has 0 aliphatic carbocycles. The average Bonchev–Trinajstić information content (AvgIpc) is 3.02. The molecular formula is C33H32F4N4O3S. The van der Waals surface area contributed by atoms with Crippen LogP contribution in [0, 0.1) is 5.82 Å². The van der Waals surface area contributed by atoms with Gasteiger partial charge in [-0.25, -0.2) is 9.37 Å². The van der Waals surface area contributed by atoms with Gasteiger partial charge in [-0.05, 0) is 68.3 Å². The number of rotatable bonds is 9. The highest BCUT2D eigenvalue weighted by Crippen LogP contribution is 2.31. The number of nitrogens with zero attached hydrogens (tertiary/aromatic N) is 4. The van der Waals surface area contributed by atoms with E-state index < -0.39 is 23.1 Å². The van der Waals surface area contributed by atoms with Gasteiger partial charge in [0, 0.05) is 43.4 Å². The Balaban J connectivity index is 1.15. The monoisotopic (exact) mass is 640 g/mol. The topological polar surface area (TPSA) is 75.5 Å². The maximum absolute atomic E-state index is 13.6. The number of alkyl halides is 3. The molecule has 1 atom stereocenters. The van der Waals surface area contributed by atoms with Gasteiger partial charge in [-0.3, -0.25) is 19.0 Å². The van der Waals surface area contributed by atoms with Gasteiger partial charge in [-0.1, -0.05) is 42.4 Å². The van der Waals surface area contributed by atoms with Crippen LogP contribution in [0.3, 0.4) is 0 Å².